The predicted octanol–water partition coefficient (Wildman–Crippen LogP) is 5.89. The fourth-order valence-corrected chi connectivity index (χ4v) is 2.35. The van der Waals surface area contributed by atoms with Crippen molar-refractivity contribution in [1.82, 2.24) is 0 Å². The van der Waals surface area contributed by atoms with Gasteiger partial charge in [-0.25, -0.2) is 0 Å². The number of aryl methyl sites for hydroxylation is 1. The van der Waals surface area contributed by atoms with Gasteiger partial charge in [-0.15, -0.1) is 0 Å². The number of ketones is 1. The van der Waals surface area contributed by atoms with Crippen LogP contribution in [0.4, 0.5) is 0 Å². The van der Waals surface area contributed by atoms with Gasteiger partial charge in [-0.05, 0) is 43.5 Å². The number of carbonyl (C=O) groups excluding carboxylic acids is 1. The van der Waals surface area contributed by atoms with Crippen molar-refractivity contribution in [3.05, 3.63) is 101 Å². The molecule has 0 amide bonds. The minimum absolute atomic E-state index is 0.0713. The first-order valence-electron chi connectivity index (χ1n) is 8.32. The molecular weight excluding hydrogens is 308 g/mol. The zero-order chi connectivity index (χ0) is 18.2. The molecule has 0 unspecified atom stereocenters. The number of benzene rings is 2. The molecule has 128 valence electrons. The monoisotopic (exact) mass is 332 g/mol. The van der Waals surface area contributed by atoms with Gasteiger partial charge in [-0.3, -0.25) is 4.79 Å². The average molecular weight is 332 g/mol. The van der Waals surface area contributed by atoms with Crippen molar-refractivity contribution in [2.75, 3.05) is 0 Å². The molecule has 0 bridgehead atoms. The zero-order valence-electron chi connectivity index (χ0n) is 15.1. The Morgan fingerprint density at radius 2 is 1.60 bits per heavy atom. The minimum Gasteiger partial charge on any atom is -0.490 e. The first-order valence-corrected chi connectivity index (χ1v) is 8.32. The Labute approximate surface area is 150 Å². The summed E-state index contributed by atoms with van der Waals surface area (Å²) >= 11 is 0. The van der Waals surface area contributed by atoms with E-state index in [4.69, 9.17) is 4.74 Å². The maximum atomic E-state index is 11.4. The van der Waals surface area contributed by atoms with Crippen molar-refractivity contribution in [2.45, 2.75) is 27.4 Å². The van der Waals surface area contributed by atoms with Crippen LogP contribution in [0.5, 0.6) is 0 Å². The summed E-state index contributed by atoms with van der Waals surface area (Å²) in [6.07, 6.45) is 5.86. The van der Waals surface area contributed by atoms with Gasteiger partial charge in [0.2, 0.25) is 0 Å². The third-order valence-corrected chi connectivity index (χ3v) is 3.93. The highest BCUT2D eigenvalue weighted by atomic mass is 16.5. The lowest BCUT2D eigenvalue weighted by molar-refractivity contribution is 0.101. The lowest BCUT2D eigenvalue weighted by atomic mass is 10.0. The van der Waals surface area contributed by atoms with Gasteiger partial charge in [-0.1, -0.05) is 72.8 Å². The molecule has 25 heavy (non-hydrogen) atoms. The summed E-state index contributed by atoms with van der Waals surface area (Å²) in [7, 11) is 0. The molecule has 0 heterocycles. The topological polar surface area (TPSA) is 26.3 Å². The van der Waals surface area contributed by atoms with Crippen molar-refractivity contribution in [3.8, 4) is 0 Å². The van der Waals surface area contributed by atoms with Gasteiger partial charge in [0.15, 0.2) is 5.78 Å². The van der Waals surface area contributed by atoms with Gasteiger partial charge in [0.1, 0.15) is 12.4 Å². The number of hydrogen-bond acceptors (Lipinski definition) is 2. The highest BCUT2D eigenvalue weighted by Gasteiger charge is 2.01. The molecule has 2 nitrogen and oxygen atoms in total. The summed E-state index contributed by atoms with van der Waals surface area (Å²) in [5, 5.41) is 0. The van der Waals surface area contributed by atoms with E-state index in [2.05, 4.69) is 37.8 Å². The normalized spacial score (nSPS) is 11.6. The Morgan fingerprint density at radius 3 is 2.16 bits per heavy atom. The maximum Gasteiger partial charge on any atom is 0.159 e. The molecule has 2 aromatic rings. The second-order valence-electron chi connectivity index (χ2n) is 5.95. The Hall–Kier alpha value is -2.87. The van der Waals surface area contributed by atoms with Gasteiger partial charge in [0.25, 0.3) is 0 Å². The van der Waals surface area contributed by atoms with E-state index in [0.29, 0.717) is 17.9 Å². The summed E-state index contributed by atoms with van der Waals surface area (Å²) in [4.78, 5) is 11.4. The van der Waals surface area contributed by atoms with E-state index >= 15 is 0 Å². The largest absolute Gasteiger partial charge is 0.490 e. The van der Waals surface area contributed by atoms with Crippen molar-refractivity contribution in [3.63, 3.8) is 0 Å². The summed E-state index contributed by atoms with van der Waals surface area (Å²) in [6, 6.07) is 15.8. The molecule has 0 spiro atoms. The van der Waals surface area contributed by atoms with E-state index in [-0.39, 0.29) is 5.78 Å². The third kappa shape index (κ3) is 5.61. The van der Waals surface area contributed by atoms with Crippen LogP contribution in [0.1, 0.15) is 40.9 Å². The molecule has 0 atom stereocenters. The fourth-order valence-electron chi connectivity index (χ4n) is 2.35. The summed E-state index contributed by atoms with van der Waals surface area (Å²) in [5.41, 5.74) is 5.17. The molecule has 0 radical (unpaired) electrons. The smallest absolute Gasteiger partial charge is 0.159 e. The third-order valence-electron chi connectivity index (χ3n) is 3.93. The van der Waals surface area contributed by atoms with Gasteiger partial charge in [0, 0.05) is 5.56 Å². The Kier molecular flexibility index (Phi) is 6.53. The van der Waals surface area contributed by atoms with Crippen LogP contribution in [-0.2, 0) is 11.3 Å². The van der Waals surface area contributed by atoms with Gasteiger partial charge in [0.05, 0.1) is 0 Å². The van der Waals surface area contributed by atoms with Crippen LogP contribution in [0.15, 0.2) is 79.1 Å². The number of ether oxygens (including phenoxy) is 1. The first kappa shape index (κ1) is 18.5. The maximum absolute atomic E-state index is 11.4. The van der Waals surface area contributed by atoms with E-state index < -0.39 is 0 Å². The average Bonchev–Trinajstić information content (AvgIpc) is 2.62. The lowest BCUT2D eigenvalue weighted by Crippen LogP contribution is -1.92. The second kappa shape index (κ2) is 8.84. The molecule has 0 aromatic heterocycles. The van der Waals surface area contributed by atoms with Gasteiger partial charge < -0.3 is 4.74 Å². The molecule has 0 fully saturated rings. The van der Waals surface area contributed by atoms with Crippen LogP contribution in [0, 0.1) is 6.92 Å². The van der Waals surface area contributed by atoms with Crippen LogP contribution >= 0.6 is 0 Å². The Morgan fingerprint density at radius 1 is 1.00 bits per heavy atom. The summed E-state index contributed by atoms with van der Waals surface area (Å²) < 4.78 is 5.70. The Bertz CT molecular complexity index is 791. The van der Waals surface area contributed by atoms with Crippen LogP contribution in [0.3, 0.4) is 0 Å². The lowest BCUT2D eigenvalue weighted by Gasteiger charge is -2.07. The van der Waals surface area contributed by atoms with E-state index in [0.717, 1.165) is 16.7 Å². The molecule has 2 rings (SSSR count). The molecule has 0 aliphatic carbocycles. The molecule has 0 N–H and O–H groups in total. The van der Waals surface area contributed by atoms with Crippen LogP contribution in [0.25, 0.3) is 5.57 Å². The first-order chi connectivity index (χ1) is 12.0. The number of allylic oxidation sites excluding steroid dienone is 4. The van der Waals surface area contributed by atoms with E-state index in [1.165, 1.54) is 5.56 Å². The van der Waals surface area contributed by atoms with Gasteiger partial charge in [-0.2, -0.15) is 0 Å². The number of hydrogen-bond donors (Lipinski definition) is 0. The van der Waals surface area contributed by atoms with Crippen LogP contribution < -0.4 is 0 Å². The van der Waals surface area contributed by atoms with Crippen molar-refractivity contribution in [2.24, 2.45) is 0 Å². The van der Waals surface area contributed by atoms with E-state index in [1.807, 2.05) is 49.4 Å². The second-order valence-corrected chi connectivity index (χ2v) is 5.95. The number of rotatable bonds is 7. The molecule has 2 heteroatoms. The standard InChI is InChI=1S/C23H24O2/c1-5-21(23-14-12-22(13-15-23)19(4)24)11-8-18(3)25-16-20-9-6-17(2)7-10-20/h5-15H,3,16H2,1-2,4H3/b11-8-,21-5+. The minimum atomic E-state index is 0.0713. The van der Waals surface area contributed by atoms with Crippen LogP contribution in [0.2, 0.25) is 0 Å². The van der Waals surface area contributed by atoms with Gasteiger partial charge >= 0.3 is 0 Å². The summed E-state index contributed by atoms with van der Waals surface area (Å²) in [6.45, 7) is 10.1. The molecule has 2 aromatic carbocycles. The van der Waals surface area contributed by atoms with E-state index in [9.17, 15) is 4.79 Å². The van der Waals surface area contributed by atoms with Crippen molar-refractivity contribution >= 4 is 11.4 Å². The molecule has 0 aliphatic heterocycles. The number of carbonyl (C=O) groups is 1. The van der Waals surface area contributed by atoms with Crippen molar-refractivity contribution < 1.29 is 9.53 Å². The number of Topliss-reactive ketones (excluding diaryl/α,β-unsaturated/α-hetero) is 1. The van der Waals surface area contributed by atoms with Crippen LogP contribution in [-0.4, -0.2) is 5.78 Å². The zero-order valence-corrected chi connectivity index (χ0v) is 15.1. The highest BCUT2D eigenvalue weighted by molar-refractivity contribution is 5.94. The van der Waals surface area contributed by atoms with Crippen molar-refractivity contribution in [1.29, 1.82) is 0 Å². The SMILES string of the molecule is C=C(/C=C\C(=C/C)c1ccc(C(C)=O)cc1)OCc1ccc(C)cc1. The molecular formula is C23H24O2. The Balaban J connectivity index is 1.96. The summed E-state index contributed by atoms with van der Waals surface area (Å²) in [5.74, 6) is 0.683. The molecule has 0 saturated heterocycles. The van der Waals surface area contributed by atoms with E-state index in [1.54, 1.807) is 6.92 Å². The highest BCUT2D eigenvalue weighted by Crippen LogP contribution is 2.18. The fraction of sp³-hybridized carbons (Fsp3) is 0.174. The predicted molar refractivity (Wildman–Crippen MR) is 104 cm³/mol. The quantitative estimate of drug-likeness (QED) is 0.359. The molecule has 0 saturated carbocycles. The molecule has 0 aliphatic rings.